The fraction of sp³-hybridized carbons (Fsp3) is 0.467. The zero-order valence-electron chi connectivity index (χ0n) is 12.1. The molecule has 0 saturated carbocycles. The molecule has 1 N–H and O–H groups in total. The molecule has 2 aliphatic rings. The van der Waals surface area contributed by atoms with Crippen molar-refractivity contribution in [3.05, 3.63) is 33.3 Å². The number of benzene rings is 1. The maximum absolute atomic E-state index is 12.6. The van der Waals surface area contributed by atoms with E-state index in [1.165, 1.54) is 0 Å². The van der Waals surface area contributed by atoms with Crippen LogP contribution in [0.15, 0.2) is 12.1 Å². The fourth-order valence-electron chi connectivity index (χ4n) is 2.85. The largest absolute Gasteiger partial charge is 0.441 e. The molecule has 3 rings (SSSR count). The molecular formula is C15H16Cl2N2O3. The number of halogens is 2. The van der Waals surface area contributed by atoms with E-state index in [-0.39, 0.29) is 12.0 Å². The predicted molar refractivity (Wildman–Crippen MR) is 83.6 cm³/mol. The van der Waals surface area contributed by atoms with Crippen molar-refractivity contribution < 1.29 is 14.3 Å². The number of ether oxygens (including phenoxy) is 1. The van der Waals surface area contributed by atoms with Crippen LogP contribution in [0.2, 0.25) is 10.0 Å². The van der Waals surface area contributed by atoms with Crippen molar-refractivity contribution in [3.63, 3.8) is 0 Å². The maximum atomic E-state index is 12.6. The van der Waals surface area contributed by atoms with Gasteiger partial charge in [-0.1, -0.05) is 23.2 Å². The van der Waals surface area contributed by atoms with Gasteiger partial charge in [-0.2, -0.15) is 0 Å². The van der Waals surface area contributed by atoms with Gasteiger partial charge in [0.05, 0.1) is 6.54 Å². The van der Waals surface area contributed by atoms with Gasteiger partial charge >= 0.3 is 6.09 Å². The maximum Gasteiger partial charge on any atom is 0.407 e. The summed E-state index contributed by atoms with van der Waals surface area (Å²) in [5.41, 5.74) is 0.788. The minimum atomic E-state index is -0.462. The zero-order valence-corrected chi connectivity index (χ0v) is 13.6. The standard InChI is InChI=1S/C15H16Cl2N2O3/c1-9-11(16)6-10(7-12(9)17)13(20)19-4-2-15(3-5-19)8-18-14(21)22-15/h6-7H,2-5,8H2,1H3,(H,18,21). The number of hydrogen-bond acceptors (Lipinski definition) is 3. The van der Waals surface area contributed by atoms with Crippen LogP contribution < -0.4 is 5.32 Å². The average molecular weight is 343 g/mol. The van der Waals surface area contributed by atoms with Crippen LogP contribution in [0.5, 0.6) is 0 Å². The summed E-state index contributed by atoms with van der Waals surface area (Å²) < 4.78 is 5.35. The molecule has 1 aromatic carbocycles. The number of nitrogens with zero attached hydrogens (tertiary/aromatic N) is 1. The predicted octanol–water partition coefficient (Wildman–Crippen LogP) is 3.02. The Morgan fingerprint density at radius 1 is 1.27 bits per heavy atom. The Morgan fingerprint density at radius 3 is 2.36 bits per heavy atom. The van der Waals surface area contributed by atoms with Gasteiger partial charge in [-0.25, -0.2) is 4.79 Å². The van der Waals surface area contributed by atoms with E-state index in [1.807, 2.05) is 6.92 Å². The molecule has 2 heterocycles. The lowest BCUT2D eigenvalue weighted by molar-refractivity contribution is 0.00331. The molecule has 2 aliphatic heterocycles. The summed E-state index contributed by atoms with van der Waals surface area (Å²) in [5, 5.41) is 3.65. The van der Waals surface area contributed by atoms with Crippen molar-refractivity contribution in [2.45, 2.75) is 25.4 Å². The molecule has 2 saturated heterocycles. The minimum absolute atomic E-state index is 0.101. The molecule has 1 aromatic rings. The van der Waals surface area contributed by atoms with Crippen LogP contribution in [0.4, 0.5) is 4.79 Å². The van der Waals surface area contributed by atoms with Gasteiger partial charge in [-0.05, 0) is 24.6 Å². The summed E-state index contributed by atoms with van der Waals surface area (Å²) in [6.07, 6.45) is 0.882. The normalized spacial score (nSPS) is 20.0. The summed E-state index contributed by atoms with van der Waals surface area (Å²) in [4.78, 5) is 25.5. The topological polar surface area (TPSA) is 58.6 Å². The molecule has 7 heteroatoms. The van der Waals surface area contributed by atoms with E-state index < -0.39 is 5.60 Å². The van der Waals surface area contributed by atoms with Gasteiger partial charge in [0.15, 0.2) is 0 Å². The first-order chi connectivity index (χ1) is 10.4. The number of amides is 2. The fourth-order valence-corrected chi connectivity index (χ4v) is 3.34. The molecular weight excluding hydrogens is 327 g/mol. The summed E-state index contributed by atoms with van der Waals surface area (Å²) in [5.74, 6) is -0.101. The Labute approximate surface area is 138 Å². The number of alkyl carbamates (subject to hydrolysis) is 1. The molecule has 0 aliphatic carbocycles. The Balaban J connectivity index is 1.71. The first-order valence-corrected chi connectivity index (χ1v) is 7.88. The molecule has 5 nitrogen and oxygen atoms in total. The van der Waals surface area contributed by atoms with Crippen LogP contribution in [0.3, 0.4) is 0 Å². The zero-order chi connectivity index (χ0) is 15.9. The third-order valence-electron chi connectivity index (χ3n) is 4.35. The summed E-state index contributed by atoms with van der Waals surface area (Å²) in [6, 6.07) is 3.29. The third-order valence-corrected chi connectivity index (χ3v) is 5.14. The number of rotatable bonds is 1. The number of hydrogen-bond donors (Lipinski definition) is 1. The highest BCUT2D eigenvalue weighted by atomic mass is 35.5. The van der Waals surface area contributed by atoms with E-state index in [4.69, 9.17) is 27.9 Å². The third kappa shape index (κ3) is 2.75. The Morgan fingerprint density at radius 2 is 1.86 bits per heavy atom. The van der Waals surface area contributed by atoms with Crippen molar-refractivity contribution in [2.24, 2.45) is 0 Å². The van der Waals surface area contributed by atoms with Crippen LogP contribution >= 0.6 is 23.2 Å². The molecule has 0 aromatic heterocycles. The molecule has 0 unspecified atom stereocenters. The summed E-state index contributed by atoms with van der Waals surface area (Å²) in [7, 11) is 0. The molecule has 2 amide bonds. The van der Waals surface area contributed by atoms with Gasteiger partial charge in [-0.3, -0.25) is 4.79 Å². The Hall–Kier alpha value is -1.46. The van der Waals surface area contributed by atoms with Gasteiger partial charge < -0.3 is 15.0 Å². The Bertz CT molecular complexity index is 617. The molecule has 0 bridgehead atoms. The van der Waals surface area contributed by atoms with Crippen LogP contribution in [0.25, 0.3) is 0 Å². The van der Waals surface area contributed by atoms with Crippen LogP contribution in [-0.2, 0) is 4.74 Å². The van der Waals surface area contributed by atoms with E-state index in [9.17, 15) is 9.59 Å². The molecule has 22 heavy (non-hydrogen) atoms. The van der Waals surface area contributed by atoms with E-state index in [0.717, 1.165) is 5.56 Å². The molecule has 1 spiro atoms. The molecule has 2 fully saturated rings. The summed E-state index contributed by atoms with van der Waals surface area (Å²) >= 11 is 12.2. The quantitative estimate of drug-likeness (QED) is 0.853. The van der Waals surface area contributed by atoms with E-state index >= 15 is 0 Å². The Kier molecular flexibility index (Phi) is 3.95. The lowest BCUT2D eigenvalue weighted by Gasteiger charge is -2.37. The first-order valence-electron chi connectivity index (χ1n) is 7.12. The van der Waals surface area contributed by atoms with Crippen LogP contribution in [0, 0.1) is 6.92 Å². The number of piperidine rings is 1. The van der Waals surface area contributed by atoms with Crippen molar-refractivity contribution >= 4 is 35.2 Å². The second-order valence-electron chi connectivity index (χ2n) is 5.78. The molecule has 118 valence electrons. The van der Waals surface area contributed by atoms with Gasteiger partial charge in [0.25, 0.3) is 5.91 Å². The SMILES string of the molecule is Cc1c(Cl)cc(C(=O)N2CCC3(CC2)CNC(=O)O3)cc1Cl. The monoisotopic (exact) mass is 342 g/mol. The highest BCUT2D eigenvalue weighted by Gasteiger charge is 2.43. The number of carbonyl (C=O) groups is 2. The van der Waals surface area contributed by atoms with Crippen LogP contribution in [-0.4, -0.2) is 42.1 Å². The second kappa shape index (κ2) is 5.63. The van der Waals surface area contributed by atoms with Crippen molar-refractivity contribution in [3.8, 4) is 0 Å². The smallest absolute Gasteiger partial charge is 0.407 e. The van der Waals surface area contributed by atoms with Crippen LogP contribution in [0.1, 0.15) is 28.8 Å². The van der Waals surface area contributed by atoms with E-state index in [0.29, 0.717) is 48.1 Å². The first kappa shape index (κ1) is 15.4. The average Bonchev–Trinajstić information content (AvgIpc) is 2.85. The van der Waals surface area contributed by atoms with Gasteiger partial charge in [-0.15, -0.1) is 0 Å². The molecule has 0 radical (unpaired) electrons. The number of likely N-dealkylation sites (tertiary alicyclic amines) is 1. The highest BCUT2D eigenvalue weighted by molar-refractivity contribution is 6.36. The van der Waals surface area contributed by atoms with Gasteiger partial charge in [0.2, 0.25) is 0 Å². The minimum Gasteiger partial charge on any atom is -0.441 e. The highest BCUT2D eigenvalue weighted by Crippen LogP contribution is 2.31. The summed E-state index contributed by atoms with van der Waals surface area (Å²) in [6.45, 7) is 3.40. The number of nitrogens with one attached hydrogen (secondary N) is 1. The second-order valence-corrected chi connectivity index (χ2v) is 6.60. The van der Waals surface area contributed by atoms with E-state index in [1.54, 1.807) is 17.0 Å². The van der Waals surface area contributed by atoms with E-state index in [2.05, 4.69) is 5.32 Å². The number of carbonyl (C=O) groups excluding carboxylic acids is 2. The lowest BCUT2D eigenvalue weighted by atomic mass is 9.91. The van der Waals surface area contributed by atoms with Crippen molar-refractivity contribution in [1.82, 2.24) is 10.2 Å². The lowest BCUT2D eigenvalue weighted by Crippen LogP contribution is -2.48. The molecule has 0 atom stereocenters. The van der Waals surface area contributed by atoms with Gasteiger partial charge in [0.1, 0.15) is 5.60 Å². The van der Waals surface area contributed by atoms with Crippen molar-refractivity contribution in [2.75, 3.05) is 19.6 Å². The van der Waals surface area contributed by atoms with Gasteiger partial charge in [0, 0.05) is 41.5 Å². The van der Waals surface area contributed by atoms with Crippen molar-refractivity contribution in [1.29, 1.82) is 0 Å².